The number of benzene rings is 1. The number of epoxide rings is 1. The number of ether oxygens (including phenoxy) is 2. The van der Waals surface area contributed by atoms with Crippen molar-refractivity contribution in [2.24, 2.45) is 34.0 Å². The predicted octanol–water partition coefficient (Wildman–Crippen LogP) is 4.44. The minimum atomic E-state index is -4.15. The smallest absolute Gasteiger partial charge is 0.333 e. The first-order valence-corrected chi connectivity index (χ1v) is 16.0. The highest BCUT2D eigenvalue weighted by Crippen LogP contribution is 2.68. The lowest BCUT2D eigenvalue weighted by Crippen LogP contribution is -2.64. The normalized spacial score (nSPS) is 40.6. The molecule has 222 valence electrons. The van der Waals surface area contributed by atoms with Crippen LogP contribution in [-0.2, 0) is 33.4 Å². The molecule has 1 N–H and O–H groups in total. The van der Waals surface area contributed by atoms with Gasteiger partial charge < -0.3 is 14.6 Å². The second-order valence-corrected chi connectivity index (χ2v) is 14.3. The number of aliphatic hydroxyl groups excluding tert-OH is 1. The lowest BCUT2D eigenvalue weighted by Gasteiger charge is -2.62. The lowest BCUT2D eigenvalue weighted by atomic mass is 9.43. The van der Waals surface area contributed by atoms with Gasteiger partial charge in [-0.25, -0.2) is 4.79 Å². The van der Waals surface area contributed by atoms with Gasteiger partial charge in [0.1, 0.15) is 11.9 Å². The molecule has 4 fully saturated rings. The largest absolute Gasteiger partial charge is 0.460 e. The molecule has 1 aliphatic heterocycles. The van der Waals surface area contributed by atoms with E-state index in [-0.39, 0.29) is 40.0 Å². The standard InChI is InChI=1S/C29H40O8S.CH2S/c1-17-6-8-20(9-7-17)38(33,34)36-16-24(31)37-22-14-27(4,23-15-35-23)26(32)19(3)29-12-10-18(2)28(22,5)25(29)21(30)11-13-29;1-2/h6-9,18-19,22-23,25-26,32H,10-16H2,1-5H3;1H2/t18-,19+,22-,23?,25?,26+,27-,28+,29+;/m1./s1. The molecule has 0 amide bonds. The average molecular weight is 595 g/mol. The van der Waals surface area contributed by atoms with Crippen molar-refractivity contribution in [2.45, 2.75) is 89.9 Å². The summed E-state index contributed by atoms with van der Waals surface area (Å²) in [6.07, 6.45) is 1.60. The summed E-state index contributed by atoms with van der Waals surface area (Å²) in [5.41, 5.74) is -0.813. The van der Waals surface area contributed by atoms with Crippen molar-refractivity contribution < 1.29 is 36.8 Å². The van der Waals surface area contributed by atoms with E-state index in [4.69, 9.17) is 13.7 Å². The summed E-state index contributed by atoms with van der Waals surface area (Å²) >= 11 is 3.83. The number of rotatable bonds is 6. The predicted molar refractivity (Wildman–Crippen MR) is 153 cm³/mol. The highest BCUT2D eigenvalue weighted by molar-refractivity contribution is 7.86. The van der Waals surface area contributed by atoms with Crippen molar-refractivity contribution in [3.05, 3.63) is 29.8 Å². The lowest BCUT2D eigenvalue weighted by molar-refractivity contribution is -0.214. The molecular formula is C30H42O8S2. The van der Waals surface area contributed by atoms with Crippen molar-refractivity contribution in [1.29, 1.82) is 0 Å². The number of hydrogen-bond donors (Lipinski definition) is 1. The first kappa shape index (κ1) is 31.2. The van der Waals surface area contributed by atoms with E-state index in [0.717, 1.165) is 24.8 Å². The zero-order valence-electron chi connectivity index (χ0n) is 24.1. The molecule has 0 spiro atoms. The molecule has 8 nitrogen and oxygen atoms in total. The van der Waals surface area contributed by atoms with Crippen LogP contribution in [0.25, 0.3) is 0 Å². The highest BCUT2D eigenvalue weighted by Gasteiger charge is 2.70. The van der Waals surface area contributed by atoms with E-state index >= 15 is 0 Å². The van der Waals surface area contributed by atoms with E-state index in [1.165, 1.54) is 12.1 Å². The summed E-state index contributed by atoms with van der Waals surface area (Å²) in [4.78, 5) is 26.7. The van der Waals surface area contributed by atoms with Gasteiger partial charge in [0.2, 0.25) is 0 Å². The fourth-order valence-electron chi connectivity index (χ4n) is 8.14. The fourth-order valence-corrected chi connectivity index (χ4v) is 9.00. The SMILES string of the molecule is C=S.Cc1ccc(S(=O)(=O)OCC(=O)O[C@@H]2C[C@](C)(C3CO3)[C@@H](O)[C@H](C)[C@]34CCC(=O)C3[C@@]2(C)[C@H](C)CC4)cc1. The molecule has 40 heavy (non-hydrogen) atoms. The minimum Gasteiger partial charge on any atom is -0.460 e. The quantitative estimate of drug-likeness (QED) is 0.221. The van der Waals surface area contributed by atoms with Gasteiger partial charge in [0.05, 0.1) is 23.7 Å². The highest BCUT2D eigenvalue weighted by atomic mass is 32.2. The zero-order valence-corrected chi connectivity index (χ0v) is 25.7. The Morgan fingerprint density at radius 3 is 2.40 bits per heavy atom. The Balaban J connectivity index is 0.00000181. The van der Waals surface area contributed by atoms with Crippen LogP contribution in [0.2, 0.25) is 0 Å². The van der Waals surface area contributed by atoms with Gasteiger partial charge in [-0.15, -0.1) is 0 Å². The van der Waals surface area contributed by atoms with Crippen LogP contribution in [0.5, 0.6) is 0 Å². The fraction of sp³-hybridized carbons (Fsp3) is 0.700. The Morgan fingerprint density at radius 2 is 1.80 bits per heavy atom. The molecule has 1 heterocycles. The molecule has 1 aromatic carbocycles. The molecule has 4 aliphatic rings. The molecule has 3 aliphatic carbocycles. The van der Waals surface area contributed by atoms with Gasteiger partial charge in [-0.1, -0.05) is 57.6 Å². The summed E-state index contributed by atoms with van der Waals surface area (Å²) in [6, 6.07) is 6.19. The summed E-state index contributed by atoms with van der Waals surface area (Å²) < 4.78 is 42.3. The molecule has 1 saturated heterocycles. The monoisotopic (exact) mass is 594 g/mol. The Hall–Kier alpha value is -1.72. The maximum atomic E-state index is 13.5. The molecular weight excluding hydrogens is 552 g/mol. The third kappa shape index (κ3) is 5.08. The van der Waals surface area contributed by atoms with Crippen LogP contribution in [0.3, 0.4) is 0 Å². The Kier molecular flexibility index (Phi) is 8.72. The topological polar surface area (TPSA) is 120 Å². The molecule has 2 unspecified atom stereocenters. The third-order valence-corrected chi connectivity index (χ3v) is 12.1. The number of aryl methyl sites for hydroxylation is 1. The number of ketones is 1. The molecule has 1 aromatic rings. The number of thiocarbonyl (C=S) groups is 1. The second-order valence-electron chi connectivity index (χ2n) is 12.7. The Morgan fingerprint density at radius 1 is 1.18 bits per heavy atom. The van der Waals surface area contributed by atoms with E-state index in [9.17, 15) is 23.1 Å². The third-order valence-electron chi connectivity index (χ3n) is 10.8. The minimum absolute atomic E-state index is 0.0355. The summed E-state index contributed by atoms with van der Waals surface area (Å²) in [7, 11) is -4.15. The van der Waals surface area contributed by atoms with Crippen molar-refractivity contribution in [2.75, 3.05) is 13.2 Å². The first-order chi connectivity index (χ1) is 18.8. The van der Waals surface area contributed by atoms with E-state index in [2.05, 4.69) is 38.9 Å². The molecule has 9 atom stereocenters. The van der Waals surface area contributed by atoms with Gasteiger partial charge >= 0.3 is 5.97 Å². The van der Waals surface area contributed by atoms with E-state index in [1.54, 1.807) is 12.1 Å². The van der Waals surface area contributed by atoms with Crippen LogP contribution in [-0.4, -0.2) is 62.7 Å². The average Bonchev–Trinajstić information content (AvgIpc) is 3.73. The molecule has 0 radical (unpaired) electrons. The van der Waals surface area contributed by atoms with Gasteiger partial charge in [-0.2, -0.15) is 8.42 Å². The number of carbonyl (C=O) groups excluding carboxylic acids is 2. The van der Waals surface area contributed by atoms with Crippen molar-refractivity contribution >= 4 is 40.0 Å². The summed E-state index contributed by atoms with van der Waals surface area (Å²) in [6.45, 7) is 9.84. The van der Waals surface area contributed by atoms with Crippen LogP contribution < -0.4 is 0 Å². The number of aliphatic hydroxyl groups is 1. The zero-order chi connectivity index (χ0) is 29.7. The van der Waals surface area contributed by atoms with Crippen molar-refractivity contribution in [1.82, 2.24) is 0 Å². The Bertz CT molecular complexity index is 1230. The van der Waals surface area contributed by atoms with Gasteiger partial charge in [-0.3, -0.25) is 8.98 Å². The maximum absolute atomic E-state index is 13.5. The van der Waals surface area contributed by atoms with E-state index < -0.39 is 45.7 Å². The van der Waals surface area contributed by atoms with Crippen LogP contribution in [0.1, 0.15) is 65.4 Å². The summed E-state index contributed by atoms with van der Waals surface area (Å²) in [5, 5.41) is 11.8. The van der Waals surface area contributed by atoms with Gasteiger partial charge in [0, 0.05) is 23.2 Å². The maximum Gasteiger partial charge on any atom is 0.333 e. The van der Waals surface area contributed by atoms with E-state index in [1.807, 2.05) is 13.8 Å². The van der Waals surface area contributed by atoms with Crippen molar-refractivity contribution in [3.63, 3.8) is 0 Å². The van der Waals surface area contributed by atoms with Crippen LogP contribution in [0.15, 0.2) is 29.2 Å². The van der Waals surface area contributed by atoms with Gasteiger partial charge in [0.15, 0.2) is 6.61 Å². The van der Waals surface area contributed by atoms with Gasteiger partial charge in [-0.05, 0) is 67.9 Å². The Labute approximate surface area is 243 Å². The first-order valence-electron chi connectivity index (χ1n) is 14.0. The van der Waals surface area contributed by atoms with Crippen LogP contribution >= 0.6 is 12.2 Å². The molecule has 3 saturated carbocycles. The second kappa shape index (κ2) is 11.2. The van der Waals surface area contributed by atoms with Crippen molar-refractivity contribution in [3.8, 4) is 0 Å². The number of esters is 1. The molecule has 0 aromatic heterocycles. The number of Topliss-reactive ketones (excluding diaryl/α,β-unsaturated/α-hetero) is 1. The van der Waals surface area contributed by atoms with Crippen LogP contribution in [0, 0.1) is 40.9 Å². The number of carbonyl (C=O) groups is 2. The molecule has 10 heteroatoms. The number of hydrogen-bond acceptors (Lipinski definition) is 9. The molecule has 5 rings (SSSR count). The van der Waals surface area contributed by atoms with E-state index in [0.29, 0.717) is 19.4 Å². The molecule has 2 bridgehead atoms. The summed E-state index contributed by atoms with van der Waals surface area (Å²) in [5.74, 6) is 1.83. The van der Waals surface area contributed by atoms with Gasteiger partial charge in [0.25, 0.3) is 10.1 Å². The van der Waals surface area contributed by atoms with Crippen LogP contribution in [0.4, 0.5) is 0 Å².